The summed E-state index contributed by atoms with van der Waals surface area (Å²) in [5.41, 5.74) is 1.95. The molecule has 2 heterocycles. The predicted molar refractivity (Wildman–Crippen MR) is 90.2 cm³/mol. The Labute approximate surface area is 133 Å². The molecular formula is C16H15NO2S2. The van der Waals surface area contributed by atoms with Gasteiger partial charge in [-0.15, -0.1) is 0 Å². The minimum atomic E-state index is -0.776. The van der Waals surface area contributed by atoms with Crippen LogP contribution in [-0.2, 0) is 4.74 Å². The van der Waals surface area contributed by atoms with Crippen molar-refractivity contribution in [2.45, 2.75) is 19.2 Å². The topological polar surface area (TPSA) is 32.7 Å². The van der Waals surface area contributed by atoms with Crippen LogP contribution in [0.15, 0.2) is 60.6 Å². The molecule has 108 valence electrons. The maximum Gasteiger partial charge on any atom is 0.152 e. The monoisotopic (exact) mass is 317 g/mol. The average Bonchev–Trinajstić information content (AvgIpc) is 2.90. The summed E-state index contributed by atoms with van der Waals surface area (Å²) in [5.74, 6) is 0.577. The van der Waals surface area contributed by atoms with Gasteiger partial charge in [-0.1, -0.05) is 60.9 Å². The van der Waals surface area contributed by atoms with Crippen molar-refractivity contribution in [1.82, 2.24) is 4.90 Å². The fraction of sp³-hybridized carbons (Fsp3) is 0.188. The van der Waals surface area contributed by atoms with Gasteiger partial charge < -0.3 is 14.7 Å². The predicted octanol–water partition coefficient (Wildman–Crippen LogP) is 3.50. The van der Waals surface area contributed by atoms with E-state index in [-0.39, 0.29) is 6.04 Å². The summed E-state index contributed by atoms with van der Waals surface area (Å²) >= 11 is 6.98. The van der Waals surface area contributed by atoms with Crippen LogP contribution in [0, 0.1) is 0 Å². The first-order valence-corrected chi connectivity index (χ1v) is 7.78. The van der Waals surface area contributed by atoms with E-state index >= 15 is 0 Å². The van der Waals surface area contributed by atoms with Gasteiger partial charge in [-0.2, -0.15) is 0 Å². The zero-order valence-electron chi connectivity index (χ0n) is 11.5. The maximum atomic E-state index is 10.7. The summed E-state index contributed by atoms with van der Waals surface area (Å²) in [6.07, 6.45) is 2.65. The summed E-state index contributed by atoms with van der Waals surface area (Å²) in [4.78, 5) is 2.77. The Kier molecular flexibility index (Phi) is 3.89. The summed E-state index contributed by atoms with van der Waals surface area (Å²) in [7, 11) is 0. The maximum absolute atomic E-state index is 10.7. The lowest BCUT2D eigenvalue weighted by Gasteiger charge is -2.39. The van der Waals surface area contributed by atoms with Gasteiger partial charge in [0.2, 0.25) is 0 Å². The molecule has 0 bridgehead atoms. The fourth-order valence-electron chi connectivity index (χ4n) is 2.41. The number of ether oxygens (including phenoxy) is 1. The molecule has 2 atom stereocenters. The molecule has 0 amide bonds. The second-order valence-corrected chi connectivity index (χ2v) is 6.53. The number of aliphatic hydroxyl groups excluding tert-OH is 1. The van der Waals surface area contributed by atoms with Gasteiger partial charge in [-0.05, 0) is 24.1 Å². The van der Waals surface area contributed by atoms with Gasteiger partial charge in [-0.3, -0.25) is 0 Å². The van der Waals surface area contributed by atoms with Crippen molar-refractivity contribution < 1.29 is 9.84 Å². The molecule has 0 aromatic heterocycles. The molecule has 0 radical (unpaired) electrons. The van der Waals surface area contributed by atoms with Crippen LogP contribution >= 0.6 is 24.0 Å². The van der Waals surface area contributed by atoms with E-state index in [2.05, 4.69) is 6.58 Å². The Morgan fingerprint density at radius 2 is 2.05 bits per heavy atom. The van der Waals surface area contributed by atoms with E-state index in [1.54, 1.807) is 11.2 Å². The number of benzene rings is 1. The summed E-state index contributed by atoms with van der Waals surface area (Å²) in [5, 5.41) is 10.7. The molecule has 5 heteroatoms. The van der Waals surface area contributed by atoms with E-state index in [0.29, 0.717) is 10.1 Å². The van der Waals surface area contributed by atoms with Crippen LogP contribution in [0.1, 0.15) is 12.5 Å². The highest BCUT2D eigenvalue weighted by Crippen LogP contribution is 2.41. The number of aliphatic hydroxyl groups is 1. The van der Waals surface area contributed by atoms with E-state index < -0.39 is 6.23 Å². The molecule has 3 rings (SSSR count). The molecule has 1 aromatic rings. The van der Waals surface area contributed by atoms with Crippen molar-refractivity contribution in [2.75, 3.05) is 0 Å². The third-order valence-electron chi connectivity index (χ3n) is 3.55. The Hall–Kier alpha value is -1.56. The second kappa shape index (κ2) is 5.67. The first kappa shape index (κ1) is 14.4. The third kappa shape index (κ3) is 2.52. The lowest BCUT2D eigenvalue weighted by Crippen LogP contribution is -2.47. The quantitative estimate of drug-likeness (QED) is 0.844. The molecule has 1 N–H and O–H groups in total. The Balaban J connectivity index is 1.97. The zero-order valence-corrected chi connectivity index (χ0v) is 13.2. The van der Waals surface area contributed by atoms with E-state index in [4.69, 9.17) is 17.0 Å². The number of thiocarbonyl (C=S) groups is 1. The van der Waals surface area contributed by atoms with Crippen LogP contribution in [0.2, 0.25) is 0 Å². The van der Waals surface area contributed by atoms with Crippen LogP contribution in [0.3, 0.4) is 0 Å². The van der Waals surface area contributed by atoms with Crippen molar-refractivity contribution in [3.05, 3.63) is 66.1 Å². The number of rotatable bonds is 2. The van der Waals surface area contributed by atoms with E-state index in [1.165, 1.54) is 11.8 Å². The Morgan fingerprint density at radius 3 is 2.67 bits per heavy atom. The average molecular weight is 317 g/mol. The Morgan fingerprint density at radius 1 is 1.33 bits per heavy atom. The number of hydrogen-bond acceptors (Lipinski definition) is 4. The molecule has 2 aliphatic rings. The fourth-order valence-corrected chi connectivity index (χ4v) is 3.89. The van der Waals surface area contributed by atoms with Gasteiger partial charge in [0.1, 0.15) is 16.1 Å². The zero-order chi connectivity index (χ0) is 15.0. The van der Waals surface area contributed by atoms with E-state index in [1.807, 2.05) is 43.3 Å². The number of nitrogens with zero attached hydrogens (tertiary/aromatic N) is 1. The third-order valence-corrected chi connectivity index (χ3v) is 5.16. The van der Waals surface area contributed by atoms with Crippen LogP contribution in [-0.4, -0.2) is 26.6 Å². The molecule has 3 nitrogen and oxygen atoms in total. The molecule has 21 heavy (non-hydrogen) atoms. The summed E-state index contributed by atoms with van der Waals surface area (Å²) in [6, 6.07) is 9.76. The van der Waals surface area contributed by atoms with Crippen LogP contribution in [0.5, 0.6) is 0 Å². The molecule has 0 saturated carbocycles. The van der Waals surface area contributed by atoms with Gasteiger partial charge >= 0.3 is 0 Å². The molecular weight excluding hydrogens is 302 g/mol. The Bertz CT molecular complexity index is 652. The first-order chi connectivity index (χ1) is 10.1. The highest BCUT2D eigenvalue weighted by molar-refractivity contribution is 8.29. The van der Waals surface area contributed by atoms with Crippen molar-refractivity contribution in [2.24, 2.45) is 0 Å². The van der Waals surface area contributed by atoms with Gasteiger partial charge in [-0.25, -0.2) is 0 Å². The van der Waals surface area contributed by atoms with Gasteiger partial charge in [0.15, 0.2) is 6.23 Å². The van der Waals surface area contributed by atoms with Crippen molar-refractivity contribution >= 4 is 33.2 Å². The lowest BCUT2D eigenvalue weighted by molar-refractivity contribution is 0.0754. The normalized spacial score (nSPS) is 25.5. The first-order valence-electron chi connectivity index (χ1n) is 6.56. The smallest absolute Gasteiger partial charge is 0.152 e. The summed E-state index contributed by atoms with van der Waals surface area (Å²) in [6.45, 7) is 5.79. The number of thioether (sulfide) groups is 1. The SMILES string of the molecule is C=C1OC=CC1N1C(=S)SC(c2ccccc2)=C(C)C1O. The minimum Gasteiger partial charge on any atom is -0.468 e. The number of hydrogen-bond donors (Lipinski definition) is 1. The molecule has 0 spiro atoms. The van der Waals surface area contributed by atoms with Crippen LogP contribution < -0.4 is 0 Å². The van der Waals surface area contributed by atoms with Gasteiger partial charge in [0.05, 0.1) is 6.26 Å². The molecule has 2 unspecified atom stereocenters. The van der Waals surface area contributed by atoms with Gasteiger partial charge in [0, 0.05) is 4.91 Å². The lowest BCUT2D eigenvalue weighted by atomic mass is 10.1. The van der Waals surface area contributed by atoms with Crippen LogP contribution in [0.4, 0.5) is 0 Å². The molecule has 2 aliphatic heterocycles. The van der Waals surface area contributed by atoms with Crippen molar-refractivity contribution in [1.29, 1.82) is 0 Å². The molecule has 1 aromatic carbocycles. The largest absolute Gasteiger partial charge is 0.468 e. The highest BCUT2D eigenvalue weighted by Gasteiger charge is 2.36. The van der Waals surface area contributed by atoms with Crippen molar-refractivity contribution in [3.63, 3.8) is 0 Å². The minimum absolute atomic E-state index is 0.215. The molecule has 0 aliphatic carbocycles. The van der Waals surface area contributed by atoms with E-state index in [9.17, 15) is 5.11 Å². The molecule has 0 saturated heterocycles. The van der Waals surface area contributed by atoms with E-state index in [0.717, 1.165) is 16.0 Å². The standard InChI is InChI=1S/C16H15NO2S2/c1-10-14(12-6-4-3-5-7-12)21-16(20)17(15(10)18)13-8-9-19-11(13)2/h3-9,13,15,18H,2H2,1H3. The van der Waals surface area contributed by atoms with Crippen molar-refractivity contribution in [3.8, 4) is 0 Å². The van der Waals surface area contributed by atoms with Crippen LogP contribution in [0.25, 0.3) is 4.91 Å². The highest BCUT2D eigenvalue weighted by atomic mass is 32.2. The molecule has 0 fully saturated rings. The summed E-state index contributed by atoms with van der Waals surface area (Å²) < 4.78 is 5.87. The van der Waals surface area contributed by atoms with Gasteiger partial charge in [0.25, 0.3) is 0 Å². The second-order valence-electron chi connectivity index (χ2n) is 4.88.